The minimum absolute atomic E-state index is 0.0426. The second-order valence-electron chi connectivity index (χ2n) is 3.87. The van der Waals surface area contributed by atoms with E-state index in [9.17, 15) is 9.18 Å². The molecule has 1 aromatic carbocycles. The molecule has 0 amide bonds. The van der Waals surface area contributed by atoms with Crippen molar-refractivity contribution in [2.24, 2.45) is 5.73 Å². The summed E-state index contributed by atoms with van der Waals surface area (Å²) in [6.07, 6.45) is 0.0426. The van der Waals surface area contributed by atoms with Gasteiger partial charge in [-0.3, -0.25) is 4.79 Å². The Kier molecular flexibility index (Phi) is 4.49. The Labute approximate surface area is 104 Å². The quantitative estimate of drug-likeness (QED) is 0.825. The van der Waals surface area contributed by atoms with Gasteiger partial charge in [-0.2, -0.15) is 0 Å². The van der Waals surface area contributed by atoms with Crippen molar-refractivity contribution in [2.45, 2.75) is 19.4 Å². The van der Waals surface area contributed by atoms with E-state index in [4.69, 9.17) is 20.3 Å². The molecule has 0 heterocycles. The lowest BCUT2D eigenvalue weighted by Crippen LogP contribution is -2.32. The van der Waals surface area contributed by atoms with Gasteiger partial charge in [0.15, 0.2) is 17.3 Å². The van der Waals surface area contributed by atoms with Gasteiger partial charge >= 0.3 is 5.97 Å². The summed E-state index contributed by atoms with van der Waals surface area (Å²) in [5, 5.41) is 8.81. The molecule has 0 aromatic heterocycles. The SMILES string of the molecule is COc1c(F)cc(C)c(CC(N)C(=O)O)c1OC. The highest BCUT2D eigenvalue weighted by Gasteiger charge is 2.22. The smallest absolute Gasteiger partial charge is 0.320 e. The second kappa shape index (κ2) is 5.68. The summed E-state index contributed by atoms with van der Waals surface area (Å²) in [7, 11) is 2.68. The molecule has 1 aromatic rings. The molecule has 5 nitrogen and oxygen atoms in total. The topological polar surface area (TPSA) is 81.8 Å². The van der Waals surface area contributed by atoms with Crippen LogP contribution in [0.25, 0.3) is 0 Å². The summed E-state index contributed by atoms with van der Waals surface area (Å²) in [4.78, 5) is 10.8. The fourth-order valence-corrected chi connectivity index (χ4v) is 1.73. The van der Waals surface area contributed by atoms with E-state index in [1.165, 1.54) is 20.3 Å². The number of ether oxygens (including phenoxy) is 2. The van der Waals surface area contributed by atoms with Crippen molar-refractivity contribution in [3.05, 3.63) is 23.0 Å². The number of hydrogen-bond acceptors (Lipinski definition) is 4. The molecular formula is C12H16FNO4. The maximum atomic E-state index is 13.6. The van der Waals surface area contributed by atoms with Gasteiger partial charge in [0, 0.05) is 12.0 Å². The largest absolute Gasteiger partial charge is 0.492 e. The van der Waals surface area contributed by atoms with Crippen LogP contribution in [0, 0.1) is 12.7 Å². The monoisotopic (exact) mass is 257 g/mol. The normalized spacial score (nSPS) is 12.1. The van der Waals surface area contributed by atoms with E-state index in [0.717, 1.165) is 0 Å². The molecule has 3 N–H and O–H groups in total. The number of nitrogens with two attached hydrogens (primary N) is 1. The van der Waals surface area contributed by atoms with Gasteiger partial charge in [0.1, 0.15) is 6.04 Å². The standard InChI is InChI=1S/C12H16FNO4/c1-6-4-8(13)11(18-3)10(17-2)7(6)5-9(14)12(15)16/h4,9H,5,14H2,1-3H3,(H,15,16). The number of rotatable bonds is 5. The lowest BCUT2D eigenvalue weighted by atomic mass is 9.99. The Morgan fingerprint density at radius 2 is 2.00 bits per heavy atom. The Morgan fingerprint density at radius 1 is 1.44 bits per heavy atom. The predicted octanol–water partition coefficient (Wildman–Crippen LogP) is 1.11. The first-order chi connectivity index (χ1) is 8.42. The summed E-state index contributed by atoms with van der Waals surface area (Å²) in [5.74, 6) is -1.54. The predicted molar refractivity (Wildman–Crippen MR) is 63.6 cm³/mol. The average molecular weight is 257 g/mol. The van der Waals surface area contributed by atoms with E-state index < -0.39 is 17.8 Å². The van der Waals surface area contributed by atoms with Gasteiger partial charge in [-0.15, -0.1) is 0 Å². The minimum atomic E-state index is -1.13. The second-order valence-corrected chi connectivity index (χ2v) is 3.87. The molecule has 0 saturated carbocycles. The van der Waals surface area contributed by atoms with E-state index in [1.807, 2.05) is 0 Å². The summed E-state index contributed by atoms with van der Waals surface area (Å²) in [6, 6.07) is 0.193. The van der Waals surface area contributed by atoms with Crippen LogP contribution in [0.2, 0.25) is 0 Å². The molecule has 1 unspecified atom stereocenters. The molecule has 0 saturated heterocycles. The van der Waals surface area contributed by atoms with Crippen LogP contribution in [-0.4, -0.2) is 31.3 Å². The molecule has 0 bridgehead atoms. The first-order valence-corrected chi connectivity index (χ1v) is 5.30. The summed E-state index contributed by atoms with van der Waals surface area (Å²) < 4.78 is 23.6. The van der Waals surface area contributed by atoms with Crippen molar-refractivity contribution in [2.75, 3.05) is 14.2 Å². The van der Waals surface area contributed by atoms with Crippen LogP contribution in [0.5, 0.6) is 11.5 Å². The number of halogens is 1. The number of carbonyl (C=O) groups is 1. The van der Waals surface area contributed by atoms with Crippen LogP contribution in [-0.2, 0) is 11.2 Å². The summed E-state index contributed by atoms with van der Waals surface area (Å²) in [6.45, 7) is 1.66. The highest BCUT2D eigenvalue weighted by atomic mass is 19.1. The van der Waals surface area contributed by atoms with Crippen molar-refractivity contribution in [1.29, 1.82) is 0 Å². The number of aryl methyl sites for hydroxylation is 1. The van der Waals surface area contributed by atoms with Crippen molar-refractivity contribution in [1.82, 2.24) is 0 Å². The highest BCUT2D eigenvalue weighted by molar-refractivity contribution is 5.74. The molecule has 0 fully saturated rings. The van der Waals surface area contributed by atoms with Gasteiger partial charge in [0.25, 0.3) is 0 Å². The maximum absolute atomic E-state index is 13.6. The van der Waals surface area contributed by atoms with Gasteiger partial charge in [-0.25, -0.2) is 4.39 Å². The summed E-state index contributed by atoms with van der Waals surface area (Å²) in [5.41, 5.74) is 6.59. The first kappa shape index (κ1) is 14.2. The third kappa shape index (κ3) is 2.70. The van der Waals surface area contributed by atoms with Crippen LogP contribution in [0.4, 0.5) is 4.39 Å². The van der Waals surface area contributed by atoms with E-state index >= 15 is 0 Å². The van der Waals surface area contributed by atoms with Crippen molar-refractivity contribution >= 4 is 5.97 Å². The zero-order valence-corrected chi connectivity index (χ0v) is 10.5. The van der Waals surface area contributed by atoms with Gasteiger partial charge in [-0.05, 0) is 18.6 Å². The Bertz CT molecular complexity index is 462. The minimum Gasteiger partial charge on any atom is -0.492 e. The third-order valence-electron chi connectivity index (χ3n) is 2.67. The van der Waals surface area contributed by atoms with Crippen LogP contribution in [0.3, 0.4) is 0 Å². The molecule has 0 spiro atoms. The molecule has 0 aliphatic heterocycles. The lowest BCUT2D eigenvalue weighted by Gasteiger charge is -2.17. The Hall–Kier alpha value is -1.82. The summed E-state index contributed by atoms with van der Waals surface area (Å²) >= 11 is 0. The Morgan fingerprint density at radius 3 is 2.44 bits per heavy atom. The zero-order valence-electron chi connectivity index (χ0n) is 10.5. The van der Waals surface area contributed by atoms with Gasteiger partial charge in [-0.1, -0.05) is 0 Å². The molecule has 0 aliphatic rings. The number of carboxylic acids is 1. The van der Waals surface area contributed by atoms with Crippen molar-refractivity contribution < 1.29 is 23.8 Å². The van der Waals surface area contributed by atoms with Gasteiger partial charge in [0.05, 0.1) is 14.2 Å². The number of hydrogen-bond donors (Lipinski definition) is 2. The molecule has 6 heteroatoms. The van der Waals surface area contributed by atoms with E-state index in [0.29, 0.717) is 11.1 Å². The maximum Gasteiger partial charge on any atom is 0.320 e. The fraction of sp³-hybridized carbons (Fsp3) is 0.417. The Balaban J connectivity index is 3.29. The zero-order chi connectivity index (χ0) is 13.9. The van der Waals surface area contributed by atoms with Crippen LogP contribution in [0.1, 0.15) is 11.1 Å². The van der Waals surface area contributed by atoms with E-state index in [-0.39, 0.29) is 17.9 Å². The number of benzene rings is 1. The number of carboxylic acid groups (broad SMARTS) is 1. The van der Waals surface area contributed by atoms with E-state index in [2.05, 4.69) is 0 Å². The van der Waals surface area contributed by atoms with Crippen molar-refractivity contribution in [3.8, 4) is 11.5 Å². The number of methoxy groups -OCH3 is 2. The third-order valence-corrected chi connectivity index (χ3v) is 2.67. The highest BCUT2D eigenvalue weighted by Crippen LogP contribution is 2.36. The van der Waals surface area contributed by atoms with Crippen molar-refractivity contribution in [3.63, 3.8) is 0 Å². The van der Waals surface area contributed by atoms with Crippen LogP contribution >= 0.6 is 0 Å². The molecule has 0 aliphatic carbocycles. The molecular weight excluding hydrogens is 241 g/mol. The van der Waals surface area contributed by atoms with Gasteiger partial charge in [0.2, 0.25) is 0 Å². The fourth-order valence-electron chi connectivity index (χ4n) is 1.73. The van der Waals surface area contributed by atoms with Crippen LogP contribution in [0.15, 0.2) is 6.07 Å². The molecule has 100 valence electrons. The van der Waals surface area contributed by atoms with Crippen LogP contribution < -0.4 is 15.2 Å². The lowest BCUT2D eigenvalue weighted by molar-refractivity contribution is -0.138. The molecule has 1 atom stereocenters. The average Bonchev–Trinajstić information content (AvgIpc) is 2.31. The molecule has 18 heavy (non-hydrogen) atoms. The first-order valence-electron chi connectivity index (χ1n) is 5.30. The van der Waals surface area contributed by atoms with Gasteiger partial charge < -0.3 is 20.3 Å². The molecule has 1 rings (SSSR count). The van der Waals surface area contributed by atoms with E-state index in [1.54, 1.807) is 6.92 Å². The molecule has 0 radical (unpaired) electrons. The number of aliphatic carboxylic acids is 1.